The van der Waals surface area contributed by atoms with Gasteiger partial charge in [0.2, 0.25) is 0 Å². The Labute approximate surface area is 114 Å². The zero-order valence-corrected chi connectivity index (χ0v) is 12.9. The van der Waals surface area contributed by atoms with E-state index in [0.29, 0.717) is 0 Å². The van der Waals surface area contributed by atoms with Crippen LogP contribution >= 0.6 is 0 Å². The summed E-state index contributed by atoms with van der Waals surface area (Å²) in [4.78, 5) is 5.15. The third-order valence-electron chi connectivity index (χ3n) is 4.26. The standard InChI is InChI=1S/C15H33N3/c1-5-17(6-2)12-9-16-10-13-18-11-7-8-15(18)14(3)4/h14-16H,5-13H2,1-4H3. The van der Waals surface area contributed by atoms with Crippen molar-refractivity contribution in [1.29, 1.82) is 0 Å². The lowest BCUT2D eigenvalue weighted by atomic mass is 10.0. The molecule has 18 heavy (non-hydrogen) atoms. The molecule has 1 fully saturated rings. The van der Waals surface area contributed by atoms with Crippen LogP contribution in [0.2, 0.25) is 0 Å². The maximum atomic E-state index is 3.59. The molecule has 0 aromatic carbocycles. The van der Waals surface area contributed by atoms with E-state index in [-0.39, 0.29) is 0 Å². The summed E-state index contributed by atoms with van der Waals surface area (Å²) in [7, 11) is 0. The van der Waals surface area contributed by atoms with E-state index in [9.17, 15) is 0 Å². The van der Waals surface area contributed by atoms with Crippen LogP contribution in [0.15, 0.2) is 0 Å². The van der Waals surface area contributed by atoms with Crippen LogP contribution in [-0.2, 0) is 0 Å². The van der Waals surface area contributed by atoms with Crippen LogP contribution in [-0.4, -0.2) is 61.7 Å². The summed E-state index contributed by atoms with van der Waals surface area (Å²) in [5.74, 6) is 0.808. The molecule has 1 aliphatic heterocycles. The van der Waals surface area contributed by atoms with Gasteiger partial charge in [0, 0.05) is 32.2 Å². The molecular formula is C15H33N3. The summed E-state index contributed by atoms with van der Waals surface area (Å²) < 4.78 is 0. The molecule has 0 radical (unpaired) electrons. The Balaban J connectivity index is 2.07. The van der Waals surface area contributed by atoms with Crippen molar-refractivity contribution in [2.75, 3.05) is 45.8 Å². The molecule has 0 amide bonds. The lowest BCUT2D eigenvalue weighted by Crippen LogP contribution is -2.40. The maximum absolute atomic E-state index is 3.59. The molecular weight excluding hydrogens is 222 g/mol. The van der Waals surface area contributed by atoms with E-state index in [1.807, 2.05) is 0 Å². The molecule has 108 valence electrons. The SMILES string of the molecule is CCN(CC)CCNCCN1CCCC1C(C)C. The molecule has 1 aliphatic rings. The second kappa shape index (κ2) is 8.89. The number of likely N-dealkylation sites (N-methyl/N-ethyl adjacent to an activating group) is 1. The van der Waals surface area contributed by atoms with Gasteiger partial charge >= 0.3 is 0 Å². The summed E-state index contributed by atoms with van der Waals surface area (Å²) in [5, 5.41) is 3.59. The van der Waals surface area contributed by atoms with Gasteiger partial charge in [-0.1, -0.05) is 27.7 Å². The fourth-order valence-electron chi connectivity index (χ4n) is 3.01. The van der Waals surface area contributed by atoms with Gasteiger partial charge in [-0.25, -0.2) is 0 Å². The first kappa shape index (κ1) is 15.9. The molecule has 0 aliphatic carbocycles. The van der Waals surface area contributed by atoms with Crippen molar-refractivity contribution in [3.05, 3.63) is 0 Å². The highest BCUT2D eigenvalue weighted by Crippen LogP contribution is 2.22. The Kier molecular flexibility index (Phi) is 7.87. The molecule has 0 saturated carbocycles. The van der Waals surface area contributed by atoms with Gasteiger partial charge in [0.25, 0.3) is 0 Å². The Hall–Kier alpha value is -0.120. The molecule has 1 unspecified atom stereocenters. The molecule has 1 saturated heterocycles. The molecule has 0 aromatic rings. The Bertz CT molecular complexity index is 202. The van der Waals surface area contributed by atoms with Gasteiger partial charge in [-0.05, 0) is 38.4 Å². The highest BCUT2D eigenvalue weighted by Gasteiger charge is 2.25. The lowest BCUT2D eigenvalue weighted by Gasteiger charge is -2.27. The zero-order valence-electron chi connectivity index (χ0n) is 12.9. The summed E-state index contributed by atoms with van der Waals surface area (Å²) in [6.45, 7) is 17.5. The number of hydrogen-bond acceptors (Lipinski definition) is 3. The van der Waals surface area contributed by atoms with E-state index in [1.54, 1.807) is 0 Å². The van der Waals surface area contributed by atoms with E-state index in [2.05, 4.69) is 42.8 Å². The molecule has 3 heteroatoms. The predicted octanol–water partition coefficient (Wildman–Crippen LogP) is 2.04. The van der Waals surface area contributed by atoms with Crippen LogP contribution in [0.3, 0.4) is 0 Å². The number of likely N-dealkylation sites (tertiary alicyclic amines) is 1. The van der Waals surface area contributed by atoms with Crippen molar-refractivity contribution in [3.8, 4) is 0 Å². The average molecular weight is 255 g/mol. The summed E-state index contributed by atoms with van der Waals surface area (Å²) >= 11 is 0. The summed E-state index contributed by atoms with van der Waals surface area (Å²) in [5.41, 5.74) is 0. The second-order valence-corrected chi connectivity index (χ2v) is 5.77. The van der Waals surface area contributed by atoms with Gasteiger partial charge in [0.15, 0.2) is 0 Å². The Morgan fingerprint density at radius 2 is 1.94 bits per heavy atom. The van der Waals surface area contributed by atoms with Gasteiger partial charge in [0.1, 0.15) is 0 Å². The zero-order chi connectivity index (χ0) is 13.4. The average Bonchev–Trinajstić information content (AvgIpc) is 2.82. The van der Waals surface area contributed by atoms with E-state index in [1.165, 1.54) is 45.6 Å². The molecule has 1 heterocycles. The quantitative estimate of drug-likeness (QED) is 0.636. The van der Waals surface area contributed by atoms with E-state index in [0.717, 1.165) is 25.0 Å². The van der Waals surface area contributed by atoms with E-state index < -0.39 is 0 Å². The maximum Gasteiger partial charge on any atom is 0.0119 e. The number of hydrogen-bond donors (Lipinski definition) is 1. The van der Waals surface area contributed by atoms with Gasteiger partial charge < -0.3 is 10.2 Å². The largest absolute Gasteiger partial charge is 0.314 e. The van der Waals surface area contributed by atoms with Crippen LogP contribution in [0.1, 0.15) is 40.5 Å². The summed E-state index contributed by atoms with van der Waals surface area (Å²) in [6.07, 6.45) is 2.79. The first-order valence-electron chi connectivity index (χ1n) is 7.86. The fraction of sp³-hybridized carbons (Fsp3) is 1.00. The van der Waals surface area contributed by atoms with Crippen molar-refractivity contribution >= 4 is 0 Å². The molecule has 1 N–H and O–H groups in total. The molecule has 1 rings (SSSR count). The van der Waals surface area contributed by atoms with Crippen molar-refractivity contribution in [3.63, 3.8) is 0 Å². The van der Waals surface area contributed by atoms with Gasteiger partial charge in [-0.15, -0.1) is 0 Å². The lowest BCUT2D eigenvalue weighted by molar-refractivity contribution is 0.205. The third kappa shape index (κ3) is 5.25. The molecule has 1 atom stereocenters. The van der Waals surface area contributed by atoms with Crippen molar-refractivity contribution in [2.45, 2.75) is 46.6 Å². The Morgan fingerprint density at radius 1 is 1.22 bits per heavy atom. The van der Waals surface area contributed by atoms with E-state index >= 15 is 0 Å². The monoisotopic (exact) mass is 255 g/mol. The molecule has 0 spiro atoms. The number of rotatable bonds is 9. The summed E-state index contributed by atoms with van der Waals surface area (Å²) in [6, 6.07) is 0.828. The van der Waals surface area contributed by atoms with E-state index in [4.69, 9.17) is 0 Å². The third-order valence-corrected chi connectivity index (χ3v) is 4.26. The highest BCUT2D eigenvalue weighted by molar-refractivity contribution is 4.81. The number of nitrogens with zero attached hydrogens (tertiary/aromatic N) is 2. The normalized spacial score (nSPS) is 21.3. The van der Waals surface area contributed by atoms with Crippen LogP contribution in [0.5, 0.6) is 0 Å². The van der Waals surface area contributed by atoms with Crippen molar-refractivity contribution < 1.29 is 0 Å². The first-order valence-corrected chi connectivity index (χ1v) is 7.86. The van der Waals surface area contributed by atoms with Gasteiger partial charge in [0.05, 0.1) is 0 Å². The predicted molar refractivity (Wildman–Crippen MR) is 80.1 cm³/mol. The van der Waals surface area contributed by atoms with Crippen LogP contribution in [0, 0.1) is 5.92 Å². The van der Waals surface area contributed by atoms with Crippen molar-refractivity contribution in [1.82, 2.24) is 15.1 Å². The van der Waals surface area contributed by atoms with Gasteiger partial charge in [-0.3, -0.25) is 4.90 Å². The highest BCUT2D eigenvalue weighted by atomic mass is 15.2. The first-order chi connectivity index (χ1) is 8.69. The minimum atomic E-state index is 0.808. The van der Waals surface area contributed by atoms with Crippen LogP contribution < -0.4 is 5.32 Å². The molecule has 0 aromatic heterocycles. The topological polar surface area (TPSA) is 18.5 Å². The molecule has 3 nitrogen and oxygen atoms in total. The van der Waals surface area contributed by atoms with Crippen molar-refractivity contribution in [2.24, 2.45) is 5.92 Å². The fourth-order valence-corrected chi connectivity index (χ4v) is 3.01. The Morgan fingerprint density at radius 3 is 2.56 bits per heavy atom. The second-order valence-electron chi connectivity index (χ2n) is 5.77. The molecule has 0 bridgehead atoms. The van der Waals surface area contributed by atoms with Crippen LogP contribution in [0.25, 0.3) is 0 Å². The smallest absolute Gasteiger partial charge is 0.0119 e. The van der Waals surface area contributed by atoms with Crippen LogP contribution in [0.4, 0.5) is 0 Å². The van der Waals surface area contributed by atoms with Gasteiger partial charge in [-0.2, -0.15) is 0 Å². The number of nitrogens with one attached hydrogen (secondary N) is 1. The minimum Gasteiger partial charge on any atom is -0.314 e. The minimum absolute atomic E-state index is 0.808.